The Labute approximate surface area is 84.4 Å². The molecule has 0 atom stereocenters. The molecular weight excluding hydrogens is 198 g/mol. The molecular formula is C8H5N5S. The third kappa shape index (κ3) is 1.53. The van der Waals surface area contributed by atoms with Crippen LogP contribution in [0.25, 0.3) is 11.5 Å². The fourth-order valence-electron chi connectivity index (χ4n) is 0.992. The number of H-pyrrole nitrogens is 2. The lowest BCUT2D eigenvalue weighted by Gasteiger charge is -1.93. The topological polar surface area (TPSA) is 81.1 Å². The first-order valence-corrected chi connectivity index (χ1v) is 4.21. The van der Waals surface area contributed by atoms with Crippen molar-refractivity contribution in [2.45, 2.75) is 0 Å². The van der Waals surface area contributed by atoms with Crippen LogP contribution in [-0.4, -0.2) is 20.2 Å². The molecule has 2 aromatic rings. The van der Waals surface area contributed by atoms with Gasteiger partial charge in [-0.15, -0.1) is 0 Å². The number of hydrogen-bond acceptors (Lipinski definition) is 4. The number of rotatable bonds is 1. The summed E-state index contributed by atoms with van der Waals surface area (Å²) in [7, 11) is 0. The molecule has 68 valence electrons. The maximum atomic E-state index is 8.57. The van der Waals surface area contributed by atoms with Crippen LogP contribution in [-0.2, 0) is 0 Å². The second-order valence-corrected chi connectivity index (χ2v) is 2.95. The van der Waals surface area contributed by atoms with Crippen LogP contribution in [0.15, 0.2) is 18.3 Å². The van der Waals surface area contributed by atoms with Crippen molar-refractivity contribution in [1.82, 2.24) is 20.2 Å². The molecule has 0 aromatic carbocycles. The van der Waals surface area contributed by atoms with Crippen LogP contribution >= 0.6 is 12.2 Å². The van der Waals surface area contributed by atoms with Gasteiger partial charge in [0.1, 0.15) is 11.8 Å². The van der Waals surface area contributed by atoms with Gasteiger partial charge in [-0.3, -0.25) is 15.2 Å². The summed E-state index contributed by atoms with van der Waals surface area (Å²) in [5, 5.41) is 14.0. The van der Waals surface area contributed by atoms with Crippen LogP contribution in [0.3, 0.4) is 0 Å². The standard InChI is InChI=1S/C8H5N5S/c9-3-5-1-2-6(10-4-5)7-11-8(14)13-12-7/h1-2,4H,(H2,11,12,13,14). The Morgan fingerprint density at radius 3 is 2.71 bits per heavy atom. The lowest BCUT2D eigenvalue weighted by Crippen LogP contribution is -1.86. The van der Waals surface area contributed by atoms with E-state index in [9.17, 15) is 0 Å². The zero-order valence-electron chi connectivity index (χ0n) is 6.98. The quantitative estimate of drug-likeness (QED) is 0.686. The zero-order chi connectivity index (χ0) is 9.97. The van der Waals surface area contributed by atoms with Crippen molar-refractivity contribution in [3.63, 3.8) is 0 Å². The SMILES string of the molecule is N#Cc1ccc(-c2nc(=S)[nH][nH]2)nc1. The average Bonchev–Trinajstić information content (AvgIpc) is 2.65. The molecule has 2 N–H and O–H groups in total. The van der Waals surface area contributed by atoms with E-state index in [1.807, 2.05) is 6.07 Å². The number of hydrogen-bond donors (Lipinski definition) is 2. The molecule has 2 heterocycles. The first-order valence-electron chi connectivity index (χ1n) is 3.81. The number of aromatic nitrogens is 4. The van der Waals surface area contributed by atoms with Gasteiger partial charge in [-0.2, -0.15) is 10.2 Å². The van der Waals surface area contributed by atoms with Crippen LogP contribution in [0, 0.1) is 16.1 Å². The van der Waals surface area contributed by atoms with Crippen LogP contribution in [0.1, 0.15) is 5.56 Å². The molecule has 0 aliphatic heterocycles. The smallest absolute Gasteiger partial charge is 0.213 e. The van der Waals surface area contributed by atoms with Gasteiger partial charge in [0, 0.05) is 6.20 Å². The Hall–Kier alpha value is -2.00. The molecule has 0 unspecified atom stereocenters. The predicted octanol–water partition coefficient (Wildman–Crippen LogP) is 1.40. The van der Waals surface area contributed by atoms with E-state index in [0.717, 1.165) is 0 Å². The van der Waals surface area contributed by atoms with Crippen molar-refractivity contribution in [3.8, 4) is 17.6 Å². The molecule has 0 aliphatic rings. The summed E-state index contributed by atoms with van der Waals surface area (Å²) >= 11 is 4.80. The molecule has 0 saturated carbocycles. The highest BCUT2D eigenvalue weighted by Crippen LogP contribution is 2.10. The van der Waals surface area contributed by atoms with Crippen molar-refractivity contribution in [1.29, 1.82) is 5.26 Å². The van der Waals surface area contributed by atoms with Gasteiger partial charge in [-0.05, 0) is 24.4 Å². The Morgan fingerprint density at radius 1 is 1.36 bits per heavy atom. The summed E-state index contributed by atoms with van der Waals surface area (Å²) in [6, 6.07) is 5.37. The summed E-state index contributed by atoms with van der Waals surface area (Å²) < 4.78 is 0.381. The molecule has 0 aliphatic carbocycles. The molecule has 0 saturated heterocycles. The fraction of sp³-hybridized carbons (Fsp3) is 0. The summed E-state index contributed by atoms with van der Waals surface area (Å²) in [5.41, 5.74) is 1.17. The van der Waals surface area contributed by atoms with Crippen molar-refractivity contribution in [2.24, 2.45) is 0 Å². The molecule has 0 spiro atoms. The minimum Gasteiger partial charge on any atom is -0.280 e. The third-order valence-electron chi connectivity index (χ3n) is 1.64. The summed E-state index contributed by atoms with van der Waals surface area (Å²) in [4.78, 5) is 8.05. The number of pyridine rings is 1. The van der Waals surface area contributed by atoms with Crippen molar-refractivity contribution >= 4 is 12.2 Å². The predicted molar refractivity (Wildman–Crippen MR) is 51.7 cm³/mol. The maximum absolute atomic E-state index is 8.57. The minimum atomic E-state index is 0.381. The first-order chi connectivity index (χ1) is 6.79. The highest BCUT2D eigenvalue weighted by molar-refractivity contribution is 7.71. The van der Waals surface area contributed by atoms with Crippen LogP contribution < -0.4 is 0 Å². The highest BCUT2D eigenvalue weighted by atomic mass is 32.1. The lowest BCUT2D eigenvalue weighted by molar-refractivity contribution is 1.07. The zero-order valence-corrected chi connectivity index (χ0v) is 7.80. The van der Waals surface area contributed by atoms with E-state index >= 15 is 0 Å². The number of nitrogens with one attached hydrogen (secondary N) is 2. The molecule has 0 radical (unpaired) electrons. The molecule has 0 amide bonds. The van der Waals surface area contributed by atoms with E-state index < -0.39 is 0 Å². The van der Waals surface area contributed by atoms with Crippen LogP contribution in [0.5, 0.6) is 0 Å². The van der Waals surface area contributed by atoms with Gasteiger partial charge in [-0.1, -0.05) is 0 Å². The van der Waals surface area contributed by atoms with Gasteiger partial charge in [-0.25, -0.2) is 0 Å². The number of nitriles is 1. The van der Waals surface area contributed by atoms with E-state index in [1.165, 1.54) is 6.20 Å². The van der Waals surface area contributed by atoms with E-state index in [4.69, 9.17) is 17.5 Å². The fourth-order valence-corrected chi connectivity index (χ4v) is 1.13. The van der Waals surface area contributed by atoms with Crippen molar-refractivity contribution in [3.05, 3.63) is 28.7 Å². The summed E-state index contributed by atoms with van der Waals surface area (Å²) in [6.45, 7) is 0. The van der Waals surface area contributed by atoms with E-state index in [1.54, 1.807) is 12.1 Å². The van der Waals surface area contributed by atoms with Gasteiger partial charge < -0.3 is 0 Å². The molecule has 2 aromatic heterocycles. The second-order valence-electron chi connectivity index (χ2n) is 2.56. The Bertz CT molecular complexity index is 530. The van der Waals surface area contributed by atoms with Crippen molar-refractivity contribution in [2.75, 3.05) is 0 Å². The Balaban J connectivity index is 2.44. The van der Waals surface area contributed by atoms with E-state index in [2.05, 4.69) is 20.2 Å². The van der Waals surface area contributed by atoms with Gasteiger partial charge in [0.05, 0.1) is 5.56 Å². The normalized spacial score (nSPS) is 9.64. The van der Waals surface area contributed by atoms with Crippen LogP contribution in [0.2, 0.25) is 0 Å². The lowest BCUT2D eigenvalue weighted by atomic mass is 10.2. The van der Waals surface area contributed by atoms with E-state index in [0.29, 0.717) is 21.9 Å². The molecule has 0 fully saturated rings. The number of nitrogens with zero attached hydrogens (tertiary/aromatic N) is 3. The molecule has 0 bridgehead atoms. The monoisotopic (exact) mass is 203 g/mol. The molecule has 6 heteroatoms. The molecule has 2 rings (SSSR count). The summed E-state index contributed by atoms with van der Waals surface area (Å²) in [6.07, 6.45) is 1.49. The Kier molecular flexibility index (Phi) is 2.08. The maximum Gasteiger partial charge on any atom is 0.213 e. The van der Waals surface area contributed by atoms with Gasteiger partial charge >= 0.3 is 0 Å². The summed E-state index contributed by atoms with van der Waals surface area (Å²) in [5.74, 6) is 0.569. The third-order valence-corrected chi connectivity index (χ3v) is 1.83. The van der Waals surface area contributed by atoms with E-state index in [-0.39, 0.29) is 0 Å². The Morgan fingerprint density at radius 2 is 2.21 bits per heavy atom. The van der Waals surface area contributed by atoms with Gasteiger partial charge in [0.15, 0.2) is 5.82 Å². The van der Waals surface area contributed by atoms with Crippen molar-refractivity contribution < 1.29 is 0 Å². The highest BCUT2D eigenvalue weighted by Gasteiger charge is 2.01. The van der Waals surface area contributed by atoms with Gasteiger partial charge in [0.2, 0.25) is 4.77 Å². The molecule has 14 heavy (non-hydrogen) atoms. The first kappa shape index (κ1) is 8.59. The second kappa shape index (κ2) is 3.40. The minimum absolute atomic E-state index is 0.381. The largest absolute Gasteiger partial charge is 0.280 e. The van der Waals surface area contributed by atoms with Gasteiger partial charge in [0.25, 0.3) is 0 Å². The molecule has 5 nitrogen and oxygen atoms in total. The average molecular weight is 203 g/mol. The number of aromatic amines is 2. The van der Waals surface area contributed by atoms with Crippen LogP contribution in [0.4, 0.5) is 0 Å².